The molecule has 8 atom stereocenters. The molecule has 1 fully saturated rings. The number of aliphatic hydroxyl groups excluding tert-OH is 2. The Morgan fingerprint density at radius 3 is 2.38 bits per heavy atom. The number of carboxylic acid groups (broad SMARTS) is 1. The van der Waals surface area contributed by atoms with Crippen molar-refractivity contribution < 1.29 is 44.0 Å². The number of H-pyrrole nitrogens is 2. The minimum atomic E-state index is -1.73. The molecule has 2 aromatic heterocycles. The second kappa shape index (κ2) is 16.4. The normalized spacial score (nSPS) is 20.5. The molecule has 0 spiro atoms. The van der Waals surface area contributed by atoms with Crippen LogP contribution in [-0.4, -0.2) is 114 Å². The Hall–Kier alpha value is -5.99. The van der Waals surface area contributed by atoms with E-state index < -0.39 is 89.6 Å². The van der Waals surface area contributed by atoms with Gasteiger partial charge in [-0.1, -0.05) is 18.2 Å². The Bertz CT molecular complexity index is 1970. The molecule has 3 aromatic rings. The van der Waals surface area contributed by atoms with Crippen molar-refractivity contribution in [2.45, 2.75) is 75.8 Å². The molecule has 20 nitrogen and oxygen atoms in total. The highest BCUT2D eigenvalue weighted by molar-refractivity contribution is 5.93. The van der Waals surface area contributed by atoms with Gasteiger partial charge < -0.3 is 56.9 Å². The zero-order valence-corrected chi connectivity index (χ0v) is 28.5. The lowest BCUT2D eigenvalue weighted by Gasteiger charge is -2.33. The Kier molecular flexibility index (Phi) is 12.2. The maximum absolute atomic E-state index is 13.5. The van der Waals surface area contributed by atoms with Gasteiger partial charge in [0, 0.05) is 49.0 Å². The van der Waals surface area contributed by atoms with Crippen molar-refractivity contribution in [1.82, 2.24) is 40.7 Å². The summed E-state index contributed by atoms with van der Waals surface area (Å²) in [7, 11) is 1.35. The van der Waals surface area contributed by atoms with Crippen LogP contribution in [0.25, 0.3) is 10.9 Å². The summed E-state index contributed by atoms with van der Waals surface area (Å²) in [6.07, 6.45) is -1.40. The van der Waals surface area contributed by atoms with Gasteiger partial charge in [0.15, 0.2) is 0 Å². The first kappa shape index (κ1) is 38.8. The molecule has 1 aromatic carbocycles. The van der Waals surface area contributed by atoms with Crippen LogP contribution in [0.5, 0.6) is 0 Å². The van der Waals surface area contributed by atoms with Crippen LogP contribution < -0.4 is 38.2 Å². The predicted octanol–water partition coefficient (Wildman–Crippen LogP) is -2.71. The number of aromatic amines is 2. The molecule has 11 N–H and O–H groups in total. The SMILES string of the molecule is C[C@H](N)C(=O)N(C)[C@@H](C)[C@H](NC(=O)[C@H](C)NC(=O)N[C@@H](Cc1c[nH]c2ccccc12)C(=O)O)C(=O)N/C=C1\O[C@@H](n2ccc(=O)[nH]c2=O)[C@H](O)[C@@H]1O. The first-order valence-electron chi connectivity index (χ1n) is 16.0. The molecule has 0 bridgehead atoms. The molecular weight excluding hydrogens is 686 g/mol. The molecular formula is C32H41N9O11. The van der Waals surface area contributed by atoms with Crippen LogP contribution in [0, 0.1) is 0 Å². The lowest BCUT2D eigenvalue weighted by Crippen LogP contribution is -2.61. The minimum absolute atomic E-state index is 0.0691. The van der Waals surface area contributed by atoms with Crippen molar-refractivity contribution in [3.05, 3.63) is 81.1 Å². The summed E-state index contributed by atoms with van der Waals surface area (Å²) in [4.78, 5) is 94.1. The van der Waals surface area contributed by atoms with E-state index >= 15 is 0 Å². The van der Waals surface area contributed by atoms with Crippen molar-refractivity contribution >= 4 is 40.6 Å². The van der Waals surface area contributed by atoms with Crippen LogP contribution >= 0.6 is 0 Å². The van der Waals surface area contributed by atoms with Gasteiger partial charge >= 0.3 is 17.7 Å². The summed E-state index contributed by atoms with van der Waals surface area (Å²) in [5.41, 5.74) is 5.52. The van der Waals surface area contributed by atoms with E-state index in [9.17, 15) is 48.9 Å². The number of ether oxygens (including phenoxy) is 1. The molecule has 0 aliphatic carbocycles. The molecule has 5 amide bonds. The van der Waals surface area contributed by atoms with E-state index in [0.717, 1.165) is 38.8 Å². The summed E-state index contributed by atoms with van der Waals surface area (Å²) in [5.74, 6) is -4.11. The van der Waals surface area contributed by atoms with Crippen molar-refractivity contribution in [1.29, 1.82) is 0 Å². The van der Waals surface area contributed by atoms with Crippen LogP contribution in [0.3, 0.4) is 0 Å². The van der Waals surface area contributed by atoms with E-state index in [1.165, 1.54) is 27.8 Å². The summed E-state index contributed by atoms with van der Waals surface area (Å²) in [6, 6.07) is 0.994. The fraction of sp³-hybridized carbons (Fsp3) is 0.406. The largest absolute Gasteiger partial charge is 0.480 e. The number of hydrogen-bond donors (Lipinski definition) is 10. The minimum Gasteiger partial charge on any atom is -0.480 e. The number of aliphatic carboxylic acids is 1. The number of benzene rings is 1. The first-order chi connectivity index (χ1) is 24.5. The van der Waals surface area contributed by atoms with Gasteiger partial charge in [-0.3, -0.25) is 28.7 Å². The Morgan fingerprint density at radius 2 is 1.73 bits per heavy atom. The van der Waals surface area contributed by atoms with E-state index in [4.69, 9.17) is 10.5 Å². The number of fused-ring (bicyclic) bond motifs is 1. The summed E-state index contributed by atoms with van der Waals surface area (Å²) in [5, 5.41) is 41.1. The third-order valence-corrected chi connectivity index (χ3v) is 8.50. The Labute approximate surface area is 295 Å². The van der Waals surface area contributed by atoms with Gasteiger partial charge in [-0.05, 0) is 32.4 Å². The molecule has 4 rings (SSSR count). The zero-order chi connectivity index (χ0) is 38.4. The number of aliphatic hydroxyl groups is 2. The number of carboxylic acids is 1. The number of amides is 5. The van der Waals surface area contributed by atoms with E-state index in [0.29, 0.717) is 5.56 Å². The van der Waals surface area contributed by atoms with Crippen molar-refractivity contribution in [3.8, 4) is 0 Å². The summed E-state index contributed by atoms with van der Waals surface area (Å²) < 4.78 is 6.31. The molecule has 52 heavy (non-hydrogen) atoms. The number of nitrogens with zero attached hydrogens (tertiary/aromatic N) is 2. The van der Waals surface area contributed by atoms with E-state index in [1.807, 2.05) is 17.1 Å². The monoisotopic (exact) mass is 727 g/mol. The third kappa shape index (κ3) is 8.83. The number of likely N-dealkylation sites (N-methyl/N-ethyl adjacent to an activating group) is 1. The third-order valence-electron chi connectivity index (χ3n) is 8.50. The summed E-state index contributed by atoms with van der Waals surface area (Å²) in [6.45, 7) is 4.14. The van der Waals surface area contributed by atoms with Gasteiger partial charge in [0.2, 0.25) is 23.9 Å². The highest BCUT2D eigenvalue weighted by atomic mass is 16.6. The molecule has 3 heterocycles. The number of carbonyl (C=O) groups is 5. The predicted molar refractivity (Wildman–Crippen MR) is 182 cm³/mol. The number of para-hydroxylation sites is 1. The number of hydrogen-bond acceptors (Lipinski definition) is 11. The Morgan fingerprint density at radius 1 is 1.04 bits per heavy atom. The van der Waals surface area contributed by atoms with Crippen LogP contribution in [0.2, 0.25) is 0 Å². The number of nitrogens with two attached hydrogens (primary N) is 1. The highest BCUT2D eigenvalue weighted by Gasteiger charge is 2.42. The van der Waals surface area contributed by atoms with Crippen LogP contribution in [0.4, 0.5) is 4.79 Å². The first-order valence-corrected chi connectivity index (χ1v) is 16.0. The van der Waals surface area contributed by atoms with E-state index in [2.05, 4.69) is 26.3 Å². The van der Waals surface area contributed by atoms with E-state index in [-0.39, 0.29) is 12.2 Å². The maximum atomic E-state index is 13.5. The average Bonchev–Trinajstić information content (AvgIpc) is 3.63. The number of carbonyl (C=O) groups excluding carboxylic acids is 4. The van der Waals surface area contributed by atoms with Gasteiger partial charge in [-0.25, -0.2) is 14.4 Å². The van der Waals surface area contributed by atoms with E-state index in [1.54, 1.807) is 18.3 Å². The van der Waals surface area contributed by atoms with Gasteiger partial charge in [0.1, 0.15) is 36.1 Å². The van der Waals surface area contributed by atoms with Crippen molar-refractivity contribution in [2.24, 2.45) is 5.73 Å². The van der Waals surface area contributed by atoms with Crippen LogP contribution in [0.15, 0.2) is 64.3 Å². The quantitative estimate of drug-likeness (QED) is 0.0860. The smallest absolute Gasteiger partial charge is 0.331 e. The zero-order valence-electron chi connectivity index (χ0n) is 28.5. The van der Waals surface area contributed by atoms with Gasteiger partial charge in [-0.2, -0.15) is 0 Å². The standard InChI is InChI=1S/C32H41N9O11/c1-14(33)28(47)40(4)16(3)23(27(46)35-13-21-24(43)25(44)29(52-21)41-10-9-22(42)38-32(41)51)39-26(45)15(2)36-31(50)37-20(30(48)49)11-17-12-34-19-8-6-5-7-18(17)19/h5-10,12-16,20,23-25,29,34,43-44H,11,33H2,1-4H3,(H,35,46)(H,39,45)(H,48,49)(H2,36,37,50)(H,38,42,51)/b21-13-/t14-,15-,16-,20-,23-,24+,25+,29+/m0/s1. The fourth-order valence-electron chi connectivity index (χ4n) is 5.42. The van der Waals surface area contributed by atoms with Crippen molar-refractivity contribution in [3.63, 3.8) is 0 Å². The average molecular weight is 728 g/mol. The van der Waals surface area contributed by atoms with Crippen LogP contribution in [-0.2, 0) is 30.3 Å². The molecule has 1 saturated heterocycles. The topological polar surface area (TPSA) is 303 Å². The molecule has 0 unspecified atom stereocenters. The maximum Gasteiger partial charge on any atom is 0.331 e. The van der Waals surface area contributed by atoms with Gasteiger partial charge in [-0.15, -0.1) is 0 Å². The Balaban J connectivity index is 1.46. The molecule has 280 valence electrons. The lowest BCUT2D eigenvalue weighted by atomic mass is 10.1. The number of aromatic nitrogens is 3. The van der Waals surface area contributed by atoms with Gasteiger partial charge in [0.25, 0.3) is 5.56 Å². The summed E-state index contributed by atoms with van der Waals surface area (Å²) >= 11 is 0. The molecule has 0 saturated carbocycles. The highest BCUT2D eigenvalue weighted by Crippen LogP contribution is 2.30. The molecule has 20 heteroatoms. The van der Waals surface area contributed by atoms with Crippen LogP contribution in [0.1, 0.15) is 32.6 Å². The fourth-order valence-corrected chi connectivity index (χ4v) is 5.42. The van der Waals surface area contributed by atoms with Gasteiger partial charge in [0.05, 0.1) is 12.1 Å². The lowest BCUT2D eigenvalue weighted by molar-refractivity contribution is -0.139. The number of nitrogens with one attached hydrogen (secondary N) is 6. The molecule has 0 radical (unpaired) electrons. The number of urea groups is 1. The van der Waals surface area contributed by atoms with Crippen molar-refractivity contribution in [2.75, 3.05) is 7.05 Å². The second-order valence-electron chi connectivity index (χ2n) is 12.3. The number of rotatable bonds is 13. The second-order valence-corrected chi connectivity index (χ2v) is 12.3. The molecule has 1 aliphatic rings. The molecule has 1 aliphatic heterocycles.